The lowest BCUT2D eigenvalue weighted by Gasteiger charge is -2.21. The number of nitrogens with two attached hydrogens (primary N) is 1. The maximum Gasteiger partial charge on any atom is 0.230 e. The van der Waals surface area contributed by atoms with Gasteiger partial charge in [0.25, 0.3) is 0 Å². The summed E-state index contributed by atoms with van der Waals surface area (Å²) in [6, 6.07) is 3.42. The fraction of sp³-hybridized carbons (Fsp3) is 0.500. The first-order valence-electron chi connectivity index (χ1n) is 5.59. The number of aromatic nitrogens is 1. The van der Waals surface area contributed by atoms with Gasteiger partial charge in [-0.15, -0.1) is 0 Å². The van der Waals surface area contributed by atoms with Crippen molar-refractivity contribution < 1.29 is 4.79 Å². The van der Waals surface area contributed by atoms with Gasteiger partial charge in [-0.3, -0.25) is 9.69 Å². The second-order valence-corrected chi connectivity index (χ2v) is 3.86. The van der Waals surface area contributed by atoms with Crippen LogP contribution in [-0.2, 0) is 4.79 Å². The maximum absolute atomic E-state index is 12.1. The number of hydrogen-bond donors (Lipinski definition) is 1. The maximum atomic E-state index is 12.1. The van der Waals surface area contributed by atoms with E-state index >= 15 is 0 Å². The summed E-state index contributed by atoms with van der Waals surface area (Å²) in [5.41, 5.74) is 6.28. The van der Waals surface area contributed by atoms with Crippen molar-refractivity contribution in [2.75, 3.05) is 17.7 Å². The number of carbonyl (C=O) groups excluding carboxylic acids is 1. The van der Waals surface area contributed by atoms with E-state index < -0.39 is 0 Å². The molecule has 0 fully saturated rings. The Morgan fingerprint density at radius 3 is 2.62 bits per heavy atom. The van der Waals surface area contributed by atoms with Crippen molar-refractivity contribution >= 4 is 17.4 Å². The lowest BCUT2D eigenvalue weighted by Crippen LogP contribution is -2.33. The standard InChI is InChI=1S/C12H19N3O/c1-4-9(5-2)12(16)15(3)11-8-10(13)6-7-14-11/h6-9H,4-5H2,1-3H3,(H2,13,14). The molecular weight excluding hydrogens is 202 g/mol. The van der Waals surface area contributed by atoms with Crippen LogP contribution in [0.15, 0.2) is 18.3 Å². The summed E-state index contributed by atoms with van der Waals surface area (Å²) in [4.78, 5) is 17.8. The predicted molar refractivity (Wildman–Crippen MR) is 66.1 cm³/mol. The number of anilines is 2. The van der Waals surface area contributed by atoms with Gasteiger partial charge in [-0.1, -0.05) is 13.8 Å². The van der Waals surface area contributed by atoms with Gasteiger partial charge < -0.3 is 5.73 Å². The van der Waals surface area contributed by atoms with Crippen molar-refractivity contribution in [3.63, 3.8) is 0 Å². The molecule has 0 aliphatic rings. The largest absolute Gasteiger partial charge is 0.399 e. The Balaban J connectivity index is 2.85. The van der Waals surface area contributed by atoms with E-state index in [1.54, 1.807) is 30.3 Å². The quantitative estimate of drug-likeness (QED) is 0.846. The first-order chi connectivity index (χ1) is 7.60. The number of nitrogen functional groups attached to an aromatic ring is 1. The molecule has 0 aliphatic carbocycles. The molecule has 1 aromatic heterocycles. The lowest BCUT2D eigenvalue weighted by molar-refractivity contribution is -0.122. The second kappa shape index (κ2) is 5.49. The van der Waals surface area contributed by atoms with Crippen LogP contribution >= 0.6 is 0 Å². The number of pyridine rings is 1. The molecular formula is C12H19N3O. The van der Waals surface area contributed by atoms with Crippen LogP contribution in [0.3, 0.4) is 0 Å². The average molecular weight is 221 g/mol. The van der Waals surface area contributed by atoms with E-state index in [1.807, 2.05) is 13.8 Å². The van der Waals surface area contributed by atoms with Crippen molar-refractivity contribution in [1.82, 2.24) is 4.98 Å². The highest BCUT2D eigenvalue weighted by Crippen LogP contribution is 2.17. The molecule has 1 heterocycles. The van der Waals surface area contributed by atoms with Gasteiger partial charge in [0.15, 0.2) is 0 Å². The molecule has 0 saturated heterocycles. The molecule has 4 heteroatoms. The fourth-order valence-electron chi connectivity index (χ4n) is 1.64. The van der Waals surface area contributed by atoms with E-state index in [1.165, 1.54) is 0 Å². The smallest absolute Gasteiger partial charge is 0.230 e. The molecule has 4 nitrogen and oxygen atoms in total. The number of rotatable bonds is 4. The minimum atomic E-state index is 0.0632. The fourth-order valence-corrected chi connectivity index (χ4v) is 1.64. The highest BCUT2D eigenvalue weighted by atomic mass is 16.2. The van der Waals surface area contributed by atoms with Gasteiger partial charge in [-0.05, 0) is 18.9 Å². The van der Waals surface area contributed by atoms with Gasteiger partial charge in [0.1, 0.15) is 5.82 Å². The summed E-state index contributed by atoms with van der Waals surface area (Å²) >= 11 is 0. The van der Waals surface area contributed by atoms with E-state index in [-0.39, 0.29) is 11.8 Å². The molecule has 0 atom stereocenters. The van der Waals surface area contributed by atoms with Crippen LogP contribution in [0.5, 0.6) is 0 Å². The van der Waals surface area contributed by atoms with Gasteiger partial charge in [-0.2, -0.15) is 0 Å². The summed E-state index contributed by atoms with van der Waals surface area (Å²) in [7, 11) is 1.74. The second-order valence-electron chi connectivity index (χ2n) is 3.86. The van der Waals surface area contributed by atoms with Gasteiger partial charge in [0.05, 0.1) is 0 Å². The Hall–Kier alpha value is -1.58. The highest BCUT2D eigenvalue weighted by molar-refractivity contribution is 5.93. The van der Waals surface area contributed by atoms with Gasteiger partial charge >= 0.3 is 0 Å². The Labute approximate surface area is 96.5 Å². The SMILES string of the molecule is CCC(CC)C(=O)N(C)c1cc(N)ccn1. The van der Waals surface area contributed by atoms with E-state index in [9.17, 15) is 4.79 Å². The zero-order chi connectivity index (χ0) is 12.1. The molecule has 0 unspecified atom stereocenters. The first kappa shape index (κ1) is 12.5. The molecule has 0 aliphatic heterocycles. The van der Waals surface area contributed by atoms with Crippen LogP contribution in [0, 0.1) is 5.92 Å². The van der Waals surface area contributed by atoms with Crippen molar-refractivity contribution in [2.45, 2.75) is 26.7 Å². The zero-order valence-electron chi connectivity index (χ0n) is 10.1. The average Bonchev–Trinajstić information content (AvgIpc) is 2.29. The monoisotopic (exact) mass is 221 g/mol. The molecule has 0 saturated carbocycles. The molecule has 1 rings (SSSR count). The molecule has 0 bridgehead atoms. The minimum Gasteiger partial charge on any atom is -0.399 e. The summed E-state index contributed by atoms with van der Waals surface area (Å²) < 4.78 is 0. The lowest BCUT2D eigenvalue weighted by atomic mass is 10.0. The predicted octanol–water partition coefficient (Wildman–Crippen LogP) is 2.06. The summed E-state index contributed by atoms with van der Waals surface area (Å²) in [5, 5.41) is 0. The van der Waals surface area contributed by atoms with E-state index in [0.29, 0.717) is 11.5 Å². The Morgan fingerprint density at radius 2 is 2.12 bits per heavy atom. The molecule has 1 aromatic rings. The van der Waals surface area contributed by atoms with Crippen LogP contribution in [0.25, 0.3) is 0 Å². The number of hydrogen-bond acceptors (Lipinski definition) is 3. The molecule has 1 amide bonds. The van der Waals surface area contributed by atoms with E-state index in [0.717, 1.165) is 12.8 Å². The van der Waals surface area contributed by atoms with Crippen LogP contribution in [0.2, 0.25) is 0 Å². The Kier molecular flexibility index (Phi) is 4.28. The van der Waals surface area contributed by atoms with Crippen LogP contribution < -0.4 is 10.6 Å². The highest BCUT2D eigenvalue weighted by Gasteiger charge is 2.20. The van der Waals surface area contributed by atoms with Crippen molar-refractivity contribution in [3.05, 3.63) is 18.3 Å². The normalized spacial score (nSPS) is 10.5. The van der Waals surface area contributed by atoms with E-state index in [2.05, 4.69) is 4.98 Å². The summed E-state index contributed by atoms with van der Waals surface area (Å²) in [6.45, 7) is 4.04. The molecule has 0 spiro atoms. The molecule has 2 N–H and O–H groups in total. The summed E-state index contributed by atoms with van der Waals surface area (Å²) in [5.74, 6) is 0.772. The Bertz CT molecular complexity index is 361. The number of carbonyl (C=O) groups is 1. The molecule has 0 aromatic carbocycles. The van der Waals surface area contributed by atoms with Crippen molar-refractivity contribution in [2.24, 2.45) is 5.92 Å². The zero-order valence-corrected chi connectivity index (χ0v) is 10.1. The van der Waals surface area contributed by atoms with Crippen LogP contribution in [0.1, 0.15) is 26.7 Å². The van der Waals surface area contributed by atoms with Crippen molar-refractivity contribution in [3.8, 4) is 0 Å². The van der Waals surface area contributed by atoms with Crippen molar-refractivity contribution in [1.29, 1.82) is 0 Å². The topological polar surface area (TPSA) is 59.2 Å². The molecule has 16 heavy (non-hydrogen) atoms. The summed E-state index contributed by atoms with van der Waals surface area (Å²) in [6.07, 6.45) is 3.31. The van der Waals surface area contributed by atoms with Gasteiger partial charge in [-0.25, -0.2) is 4.98 Å². The Morgan fingerprint density at radius 1 is 1.50 bits per heavy atom. The third-order valence-electron chi connectivity index (χ3n) is 2.78. The third kappa shape index (κ3) is 2.72. The molecule has 88 valence electrons. The minimum absolute atomic E-state index is 0.0632. The number of nitrogens with zero attached hydrogens (tertiary/aromatic N) is 2. The number of amides is 1. The molecule has 0 radical (unpaired) electrons. The van der Waals surface area contributed by atoms with Gasteiger partial charge in [0, 0.05) is 30.9 Å². The van der Waals surface area contributed by atoms with E-state index in [4.69, 9.17) is 5.73 Å². The van der Waals surface area contributed by atoms with Gasteiger partial charge in [0.2, 0.25) is 5.91 Å². The third-order valence-corrected chi connectivity index (χ3v) is 2.78. The first-order valence-corrected chi connectivity index (χ1v) is 5.59. The van der Waals surface area contributed by atoms with Crippen LogP contribution in [-0.4, -0.2) is 17.9 Å². The van der Waals surface area contributed by atoms with Crippen LogP contribution in [0.4, 0.5) is 11.5 Å².